The van der Waals surface area contributed by atoms with Gasteiger partial charge in [0.2, 0.25) is 0 Å². The first kappa shape index (κ1) is 12.0. The second kappa shape index (κ2) is 4.55. The second-order valence-electron chi connectivity index (χ2n) is 4.43. The topological polar surface area (TPSA) is 26.3 Å². The standard InChI is InChI=1S/C15H10F2O2/c16-12-3-4-14(17)13(6-12)15(18)9-1-2-10-7-19-8-11(10)5-9/h1-6H,7-8H2. The molecule has 1 heterocycles. The van der Waals surface area contributed by atoms with Crippen LogP contribution < -0.4 is 0 Å². The molecule has 1 aliphatic rings. The van der Waals surface area contributed by atoms with Crippen LogP contribution in [0.5, 0.6) is 0 Å². The zero-order chi connectivity index (χ0) is 13.4. The van der Waals surface area contributed by atoms with Gasteiger partial charge in [-0.25, -0.2) is 8.78 Å². The van der Waals surface area contributed by atoms with E-state index in [0.717, 1.165) is 29.3 Å². The molecule has 2 aromatic rings. The Bertz CT molecular complexity index is 665. The molecule has 96 valence electrons. The number of hydrogen-bond donors (Lipinski definition) is 0. The molecule has 1 aliphatic heterocycles. The highest BCUT2D eigenvalue weighted by Crippen LogP contribution is 2.23. The number of carbonyl (C=O) groups is 1. The van der Waals surface area contributed by atoms with Crippen molar-refractivity contribution in [3.63, 3.8) is 0 Å². The maximum atomic E-state index is 13.6. The lowest BCUT2D eigenvalue weighted by molar-refractivity contribution is 0.103. The highest BCUT2D eigenvalue weighted by Gasteiger charge is 2.18. The molecule has 0 aliphatic carbocycles. The van der Waals surface area contributed by atoms with Gasteiger partial charge >= 0.3 is 0 Å². The summed E-state index contributed by atoms with van der Waals surface area (Å²) in [5.41, 5.74) is 2.03. The minimum absolute atomic E-state index is 0.251. The summed E-state index contributed by atoms with van der Waals surface area (Å²) in [7, 11) is 0. The third-order valence-corrected chi connectivity index (χ3v) is 3.16. The van der Waals surface area contributed by atoms with Gasteiger partial charge in [-0.15, -0.1) is 0 Å². The largest absolute Gasteiger partial charge is 0.372 e. The van der Waals surface area contributed by atoms with Gasteiger partial charge in [0.25, 0.3) is 0 Å². The summed E-state index contributed by atoms with van der Waals surface area (Å²) in [6.45, 7) is 0.972. The van der Waals surface area contributed by atoms with Crippen LogP contribution >= 0.6 is 0 Å². The van der Waals surface area contributed by atoms with E-state index in [1.807, 2.05) is 0 Å². The number of ketones is 1. The Morgan fingerprint density at radius 2 is 1.79 bits per heavy atom. The molecule has 19 heavy (non-hydrogen) atoms. The smallest absolute Gasteiger partial charge is 0.196 e. The monoisotopic (exact) mass is 260 g/mol. The van der Waals surface area contributed by atoms with E-state index in [9.17, 15) is 13.6 Å². The Morgan fingerprint density at radius 3 is 2.63 bits per heavy atom. The normalized spacial score (nSPS) is 13.4. The fourth-order valence-electron chi connectivity index (χ4n) is 2.14. The molecule has 0 bridgehead atoms. The lowest BCUT2D eigenvalue weighted by Gasteiger charge is -2.05. The van der Waals surface area contributed by atoms with Crippen LogP contribution in [0.1, 0.15) is 27.0 Å². The number of halogens is 2. The first-order chi connectivity index (χ1) is 9.15. The summed E-state index contributed by atoms with van der Waals surface area (Å²) in [6, 6.07) is 7.94. The summed E-state index contributed by atoms with van der Waals surface area (Å²) in [6.07, 6.45) is 0. The maximum absolute atomic E-state index is 13.6. The van der Waals surface area contributed by atoms with Crippen molar-refractivity contribution in [2.24, 2.45) is 0 Å². The molecule has 0 amide bonds. The van der Waals surface area contributed by atoms with Gasteiger partial charge in [0.1, 0.15) is 11.6 Å². The molecule has 3 rings (SSSR count). The Labute approximate surface area is 108 Å². The number of fused-ring (bicyclic) bond motifs is 1. The number of benzene rings is 2. The third-order valence-electron chi connectivity index (χ3n) is 3.16. The predicted molar refractivity (Wildman–Crippen MR) is 64.7 cm³/mol. The molecular formula is C15H10F2O2. The van der Waals surface area contributed by atoms with Crippen LogP contribution in [0.3, 0.4) is 0 Å². The summed E-state index contributed by atoms with van der Waals surface area (Å²) in [5.74, 6) is -1.87. The van der Waals surface area contributed by atoms with E-state index in [0.29, 0.717) is 18.8 Å². The van der Waals surface area contributed by atoms with Crippen LogP contribution in [0.25, 0.3) is 0 Å². The zero-order valence-electron chi connectivity index (χ0n) is 9.95. The van der Waals surface area contributed by atoms with Crippen molar-refractivity contribution in [1.29, 1.82) is 0 Å². The molecular weight excluding hydrogens is 250 g/mol. The second-order valence-corrected chi connectivity index (χ2v) is 4.43. The van der Waals surface area contributed by atoms with Gasteiger partial charge in [-0.05, 0) is 35.4 Å². The van der Waals surface area contributed by atoms with Crippen LogP contribution in [0.4, 0.5) is 8.78 Å². The van der Waals surface area contributed by atoms with Gasteiger partial charge in [0.05, 0.1) is 18.8 Å². The highest BCUT2D eigenvalue weighted by atomic mass is 19.1. The van der Waals surface area contributed by atoms with Crippen molar-refractivity contribution in [2.45, 2.75) is 13.2 Å². The van der Waals surface area contributed by atoms with Crippen LogP contribution in [0, 0.1) is 11.6 Å². The first-order valence-electron chi connectivity index (χ1n) is 5.84. The molecule has 0 radical (unpaired) electrons. The van der Waals surface area contributed by atoms with Gasteiger partial charge in [-0.1, -0.05) is 12.1 Å². The zero-order valence-corrected chi connectivity index (χ0v) is 9.95. The number of hydrogen-bond acceptors (Lipinski definition) is 2. The molecule has 0 saturated heterocycles. The number of rotatable bonds is 2. The average Bonchev–Trinajstić information content (AvgIpc) is 2.88. The van der Waals surface area contributed by atoms with E-state index in [-0.39, 0.29) is 5.56 Å². The van der Waals surface area contributed by atoms with Crippen molar-refractivity contribution in [3.8, 4) is 0 Å². The van der Waals surface area contributed by atoms with E-state index in [2.05, 4.69) is 0 Å². The van der Waals surface area contributed by atoms with E-state index in [1.54, 1.807) is 18.2 Å². The first-order valence-corrected chi connectivity index (χ1v) is 5.84. The van der Waals surface area contributed by atoms with E-state index in [1.165, 1.54) is 0 Å². The maximum Gasteiger partial charge on any atom is 0.196 e. The van der Waals surface area contributed by atoms with Crippen LogP contribution in [-0.4, -0.2) is 5.78 Å². The summed E-state index contributed by atoms with van der Waals surface area (Å²) >= 11 is 0. The van der Waals surface area contributed by atoms with Crippen LogP contribution in [0.15, 0.2) is 36.4 Å². The fraction of sp³-hybridized carbons (Fsp3) is 0.133. The lowest BCUT2D eigenvalue weighted by atomic mass is 9.99. The lowest BCUT2D eigenvalue weighted by Crippen LogP contribution is -2.05. The van der Waals surface area contributed by atoms with Crippen molar-refractivity contribution in [2.75, 3.05) is 0 Å². The van der Waals surface area contributed by atoms with Crippen molar-refractivity contribution < 1.29 is 18.3 Å². The van der Waals surface area contributed by atoms with Crippen molar-refractivity contribution in [3.05, 3.63) is 70.3 Å². The summed E-state index contributed by atoms with van der Waals surface area (Å²) in [4.78, 5) is 12.2. The highest BCUT2D eigenvalue weighted by molar-refractivity contribution is 6.09. The molecule has 2 nitrogen and oxygen atoms in total. The molecule has 0 saturated carbocycles. The molecule has 0 fully saturated rings. The number of carbonyl (C=O) groups excluding carboxylic acids is 1. The predicted octanol–water partition coefficient (Wildman–Crippen LogP) is 3.23. The Balaban J connectivity index is 2.02. The van der Waals surface area contributed by atoms with E-state index in [4.69, 9.17) is 4.74 Å². The summed E-state index contributed by atoms with van der Waals surface area (Å²) < 4.78 is 31.9. The minimum Gasteiger partial charge on any atom is -0.372 e. The minimum atomic E-state index is -0.719. The van der Waals surface area contributed by atoms with Crippen LogP contribution in [-0.2, 0) is 18.0 Å². The quantitative estimate of drug-likeness (QED) is 0.775. The molecule has 2 aromatic carbocycles. The Kier molecular flexibility index (Phi) is 2.87. The molecule has 0 N–H and O–H groups in total. The van der Waals surface area contributed by atoms with Crippen molar-refractivity contribution >= 4 is 5.78 Å². The van der Waals surface area contributed by atoms with Gasteiger partial charge in [0, 0.05) is 5.56 Å². The van der Waals surface area contributed by atoms with Gasteiger partial charge in [-0.3, -0.25) is 4.79 Å². The average molecular weight is 260 g/mol. The molecule has 0 aromatic heterocycles. The van der Waals surface area contributed by atoms with Gasteiger partial charge < -0.3 is 4.74 Å². The van der Waals surface area contributed by atoms with E-state index >= 15 is 0 Å². The van der Waals surface area contributed by atoms with Gasteiger partial charge in [0.15, 0.2) is 5.78 Å². The number of ether oxygens (including phenoxy) is 1. The van der Waals surface area contributed by atoms with Crippen molar-refractivity contribution in [1.82, 2.24) is 0 Å². The SMILES string of the molecule is O=C(c1ccc2c(c1)COC2)c1cc(F)ccc1F. The summed E-state index contributed by atoms with van der Waals surface area (Å²) in [5, 5.41) is 0. The molecule has 4 heteroatoms. The molecule has 0 unspecified atom stereocenters. The van der Waals surface area contributed by atoms with Crippen LogP contribution in [0.2, 0.25) is 0 Å². The third kappa shape index (κ3) is 2.15. The van der Waals surface area contributed by atoms with E-state index < -0.39 is 17.4 Å². The van der Waals surface area contributed by atoms with Gasteiger partial charge in [-0.2, -0.15) is 0 Å². The molecule has 0 spiro atoms. The Hall–Kier alpha value is -2.07. The Morgan fingerprint density at radius 1 is 1.00 bits per heavy atom. The fourth-order valence-corrected chi connectivity index (χ4v) is 2.14. The molecule has 0 atom stereocenters.